The summed E-state index contributed by atoms with van der Waals surface area (Å²) >= 11 is 0. The summed E-state index contributed by atoms with van der Waals surface area (Å²) in [6.45, 7) is 3.94. The number of nitrogens with zero attached hydrogens (tertiary/aromatic N) is 3. The van der Waals surface area contributed by atoms with E-state index >= 15 is 0 Å². The number of amides is 1. The summed E-state index contributed by atoms with van der Waals surface area (Å²) in [6, 6.07) is 3.91. The Morgan fingerprint density at radius 1 is 1.36 bits per heavy atom. The van der Waals surface area contributed by atoms with Crippen LogP contribution in [0.15, 0.2) is 0 Å². The predicted molar refractivity (Wildman–Crippen MR) is 50.9 cm³/mol. The lowest BCUT2D eigenvalue weighted by Gasteiger charge is -2.16. The molecular weight excluding hydrogens is 180 g/mol. The standard InChI is InChI=1S/C9H14N4O/c1-8(2)12-7-9(14)13(5-3-10)6-4-11/h8,12H,5-7H2,1-2H3. The largest absolute Gasteiger partial charge is 0.315 e. The quantitative estimate of drug-likeness (QED) is 0.618. The van der Waals surface area contributed by atoms with Gasteiger partial charge in [-0.3, -0.25) is 4.79 Å². The minimum Gasteiger partial charge on any atom is -0.315 e. The number of hydrogen-bond acceptors (Lipinski definition) is 4. The van der Waals surface area contributed by atoms with Crippen molar-refractivity contribution in [1.29, 1.82) is 10.5 Å². The maximum atomic E-state index is 11.4. The molecule has 76 valence electrons. The molecule has 0 aliphatic carbocycles. The number of carbonyl (C=O) groups is 1. The van der Waals surface area contributed by atoms with Crippen LogP contribution in [-0.4, -0.2) is 36.5 Å². The van der Waals surface area contributed by atoms with E-state index in [9.17, 15) is 4.79 Å². The normalized spacial score (nSPS) is 9.21. The fraction of sp³-hybridized carbons (Fsp3) is 0.667. The molecule has 1 amide bonds. The molecule has 0 saturated heterocycles. The minimum absolute atomic E-state index is 0.0355. The van der Waals surface area contributed by atoms with Gasteiger partial charge in [-0.1, -0.05) is 13.8 Å². The summed E-state index contributed by atoms with van der Waals surface area (Å²) in [7, 11) is 0. The molecule has 0 heterocycles. The highest BCUT2D eigenvalue weighted by atomic mass is 16.2. The molecule has 0 radical (unpaired) electrons. The second-order valence-corrected chi connectivity index (χ2v) is 3.10. The predicted octanol–water partition coefficient (Wildman–Crippen LogP) is -0.140. The molecule has 0 bridgehead atoms. The van der Waals surface area contributed by atoms with E-state index in [0.29, 0.717) is 0 Å². The molecule has 0 rings (SSSR count). The van der Waals surface area contributed by atoms with E-state index in [0.717, 1.165) is 0 Å². The van der Waals surface area contributed by atoms with Crippen molar-refractivity contribution in [1.82, 2.24) is 10.2 Å². The summed E-state index contributed by atoms with van der Waals surface area (Å²) in [5.74, 6) is -0.221. The Kier molecular flexibility index (Phi) is 6.09. The SMILES string of the molecule is CC(C)NCC(=O)N(CC#N)CC#N. The van der Waals surface area contributed by atoms with E-state index in [1.54, 1.807) is 0 Å². The van der Waals surface area contributed by atoms with E-state index in [2.05, 4.69) is 5.32 Å². The highest BCUT2D eigenvalue weighted by Gasteiger charge is 2.12. The second kappa shape index (κ2) is 6.88. The van der Waals surface area contributed by atoms with Gasteiger partial charge in [0.1, 0.15) is 13.1 Å². The van der Waals surface area contributed by atoms with E-state index in [-0.39, 0.29) is 31.6 Å². The van der Waals surface area contributed by atoms with E-state index in [1.165, 1.54) is 4.90 Å². The van der Waals surface area contributed by atoms with Crippen LogP contribution in [0.2, 0.25) is 0 Å². The first kappa shape index (κ1) is 12.4. The lowest BCUT2D eigenvalue weighted by Crippen LogP contribution is -2.40. The molecule has 14 heavy (non-hydrogen) atoms. The zero-order valence-electron chi connectivity index (χ0n) is 8.45. The first-order chi connectivity index (χ1) is 6.61. The molecule has 0 aliphatic heterocycles. The monoisotopic (exact) mass is 194 g/mol. The Bertz CT molecular complexity index is 245. The Morgan fingerprint density at radius 2 is 1.86 bits per heavy atom. The molecule has 0 aliphatic rings. The van der Waals surface area contributed by atoms with Crippen molar-refractivity contribution in [2.24, 2.45) is 0 Å². The van der Waals surface area contributed by atoms with Crippen molar-refractivity contribution in [3.63, 3.8) is 0 Å². The fourth-order valence-electron chi connectivity index (χ4n) is 0.806. The van der Waals surface area contributed by atoms with Crippen LogP contribution >= 0.6 is 0 Å². The van der Waals surface area contributed by atoms with Gasteiger partial charge in [0.15, 0.2) is 0 Å². The highest BCUT2D eigenvalue weighted by Crippen LogP contribution is 1.88. The number of nitriles is 2. The molecule has 0 fully saturated rings. The van der Waals surface area contributed by atoms with Gasteiger partial charge in [-0.2, -0.15) is 10.5 Å². The average Bonchev–Trinajstić information content (AvgIpc) is 2.14. The van der Waals surface area contributed by atoms with Crippen LogP contribution in [0.3, 0.4) is 0 Å². The Labute approximate surface area is 83.9 Å². The molecule has 0 aromatic rings. The van der Waals surface area contributed by atoms with E-state index in [4.69, 9.17) is 10.5 Å². The molecule has 1 N–H and O–H groups in total. The van der Waals surface area contributed by atoms with Gasteiger partial charge < -0.3 is 10.2 Å². The van der Waals surface area contributed by atoms with Gasteiger partial charge in [-0.25, -0.2) is 0 Å². The van der Waals surface area contributed by atoms with E-state index < -0.39 is 0 Å². The van der Waals surface area contributed by atoms with Gasteiger partial charge in [0.25, 0.3) is 0 Å². The van der Waals surface area contributed by atoms with Crippen LogP contribution in [0.25, 0.3) is 0 Å². The van der Waals surface area contributed by atoms with Crippen molar-refractivity contribution in [3.8, 4) is 12.1 Å². The maximum Gasteiger partial charge on any atom is 0.238 e. The van der Waals surface area contributed by atoms with Crippen LogP contribution in [-0.2, 0) is 4.79 Å². The maximum absolute atomic E-state index is 11.4. The first-order valence-corrected chi connectivity index (χ1v) is 4.36. The van der Waals surface area contributed by atoms with Gasteiger partial charge in [0.05, 0.1) is 18.7 Å². The third-order valence-corrected chi connectivity index (χ3v) is 1.54. The third-order valence-electron chi connectivity index (χ3n) is 1.54. The molecule has 0 aromatic heterocycles. The number of hydrogen-bond donors (Lipinski definition) is 1. The van der Waals surface area contributed by atoms with Gasteiger partial charge in [0.2, 0.25) is 5.91 Å². The molecule has 0 saturated carbocycles. The molecule has 0 aromatic carbocycles. The summed E-state index contributed by atoms with van der Waals surface area (Å²) < 4.78 is 0. The van der Waals surface area contributed by atoms with Crippen LogP contribution in [0.1, 0.15) is 13.8 Å². The summed E-state index contributed by atoms with van der Waals surface area (Å²) in [5, 5.41) is 19.8. The topological polar surface area (TPSA) is 79.9 Å². The Hall–Kier alpha value is -1.59. The summed E-state index contributed by atoms with van der Waals surface area (Å²) in [6.07, 6.45) is 0. The highest BCUT2D eigenvalue weighted by molar-refractivity contribution is 5.78. The first-order valence-electron chi connectivity index (χ1n) is 4.36. The van der Waals surface area contributed by atoms with Crippen LogP contribution in [0.4, 0.5) is 0 Å². The van der Waals surface area contributed by atoms with Gasteiger partial charge in [0, 0.05) is 6.04 Å². The summed E-state index contributed by atoms with van der Waals surface area (Å²) in [5.41, 5.74) is 0. The van der Waals surface area contributed by atoms with Gasteiger partial charge in [-0.15, -0.1) is 0 Å². The molecule has 5 heteroatoms. The van der Waals surface area contributed by atoms with Crippen LogP contribution in [0.5, 0.6) is 0 Å². The Morgan fingerprint density at radius 3 is 2.21 bits per heavy atom. The molecule has 0 spiro atoms. The molecule has 5 nitrogen and oxygen atoms in total. The van der Waals surface area contributed by atoms with Crippen molar-refractivity contribution in [3.05, 3.63) is 0 Å². The van der Waals surface area contributed by atoms with Crippen molar-refractivity contribution in [2.75, 3.05) is 19.6 Å². The lowest BCUT2D eigenvalue weighted by molar-refractivity contribution is -0.129. The number of rotatable bonds is 5. The van der Waals surface area contributed by atoms with Crippen LogP contribution < -0.4 is 5.32 Å². The number of nitrogens with one attached hydrogen (secondary N) is 1. The van der Waals surface area contributed by atoms with Gasteiger partial charge in [-0.05, 0) is 0 Å². The smallest absolute Gasteiger partial charge is 0.238 e. The molecule has 0 unspecified atom stereocenters. The van der Waals surface area contributed by atoms with Gasteiger partial charge >= 0.3 is 0 Å². The molecule has 0 atom stereocenters. The van der Waals surface area contributed by atoms with Crippen molar-refractivity contribution in [2.45, 2.75) is 19.9 Å². The summed E-state index contributed by atoms with van der Waals surface area (Å²) in [4.78, 5) is 12.6. The lowest BCUT2D eigenvalue weighted by atomic mass is 10.3. The average molecular weight is 194 g/mol. The fourth-order valence-corrected chi connectivity index (χ4v) is 0.806. The number of carbonyl (C=O) groups excluding carboxylic acids is 1. The van der Waals surface area contributed by atoms with Crippen molar-refractivity contribution >= 4 is 5.91 Å². The second-order valence-electron chi connectivity index (χ2n) is 3.10. The zero-order chi connectivity index (χ0) is 11.0. The third kappa shape index (κ3) is 5.13. The zero-order valence-corrected chi connectivity index (χ0v) is 8.45. The van der Waals surface area contributed by atoms with Crippen LogP contribution in [0, 0.1) is 22.7 Å². The van der Waals surface area contributed by atoms with E-state index in [1.807, 2.05) is 26.0 Å². The minimum atomic E-state index is -0.221. The van der Waals surface area contributed by atoms with Crippen molar-refractivity contribution < 1.29 is 4.79 Å². The Balaban J connectivity index is 4.04. The molecular formula is C9H14N4O.